The molecule has 354 valence electrons. The molecular formula is C50H60BrN9O6S. The van der Waals surface area contributed by atoms with Crippen LogP contribution in [0.15, 0.2) is 87.6 Å². The summed E-state index contributed by atoms with van der Waals surface area (Å²) < 4.78 is 14.0. The fraction of sp³-hybridized carbons (Fsp3) is 0.420. The maximum absolute atomic E-state index is 14.2. The zero-order valence-corrected chi connectivity index (χ0v) is 41.8. The van der Waals surface area contributed by atoms with Gasteiger partial charge in [-0.2, -0.15) is 0 Å². The molecule has 4 atom stereocenters. The normalized spacial score (nSPS) is 15.9. The lowest BCUT2D eigenvalue weighted by Crippen LogP contribution is -2.58. The maximum Gasteiger partial charge on any atom is 0.246 e. The molecule has 1 fully saturated rings. The van der Waals surface area contributed by atoms with E-state index >= 15 is 0 Å². The van der Waals surface area contributed by atoms with Crippen LogP contribution in [0.25, 0.3) is 27.3 Å². The molecule has 1 saturated heterocycles. The van der Waals surface area contributed by atoms with Crippen molar-refractivity contribution in [3.63, 3.8) is 0 Å². The van der Waals surface area contributed by atoms with Crippen molar-refractivity contribution in [2.45, 2.75) is 105 Å². The zero-order chi connectivity index (χ0) is 48.0. The molecule has 3 aromatic heterocycles. The Bertz CT molecular complexity index is 2640. The second-order valence-electron chi connectivity index (χ2n) is 18.3. The smallest absolute Gasteiger partial charge is 0.246 e. The number of aliphatic hydroxyl groups excluding tert-OH is 1. The van der Waals surface area contributed by atoms with Gasteiger partial charge in [0, 0.05) is 47.5 Å². The van der Waals surface area contributed by atoms with Crippen LogP contribution in [0.3, 0.4) is 0 Å². The number of ether oxygens (including phenoxy) is 1. The third-order valence-corrected chi connectivity index (χ3v) is 13.8. The zero-order valence-electron chi connectivity index (χ0n) is 39.4. The number of hydrogen-bond donors (Lipinski definition) is 3. The van der Waals surface area contributed by atoms with Crippen molar-refractivity contribution in [1.29, 1.82) is 0 Å². The van der Waals surface area contributed by atoms with Crippen LogP contribution in [0.5, 0.6) is 0 Å². The van der Waals surface area contributed by atoms with Crippen LogP contribution in [0.4, 0.5) is 11.4 Å². The molecule has 0 unspecified atom stereocenters. The van der Waals surface area contributed by atoms with Crippen LogP contribution in [0, 0.1) is 33.1 Å². The number of anilines is 2. The number of aromatic nitrogens is 5. The lowest BCUT2D eigenvalue weighted by atomic mass is 9.85. The summed E-state index contributed by atoms with van der Waals surface area (Å²) in [6.07, 6.45) is 5.05. The molecule has 3 aromatic carbocycles. The highest BCUT2D eigenvalue weighted by Gasteiger charge is 2.44. The van der Waals surface area contributed by atoms with Crippen LogP contribution in [0.1, 0.15) is 87.7 Å². The summed E-state index contributed by atoms with van der Waals surface area (Å²) in [6.45, 7) is 16.2. The van der Waals surface area contributed by atoms with Crippen molar-refractivity contribution >= 4 is 56.4 Å². The summed E-state index contributed by atoms with van der Waals surface area (Å²) in [7, 11) is 0. The molecule has 3 amide bonds. The van der Waals surface area contributed by atoms with E-state index in [1.165, 1.54) is 4.90 Å². The Morgan fingerprint density at radius 2 is 1.75 bits per heavy atom. The first kappa shape index (κ1) is 49.2. The summed E-state index contributed by atoms with van der Waals surface area (Å²) in [5.74, 6) is -0.453. The van der Waals surface area contributed by atoms with Gasteiger partial charge < -0.3 is 34.8 Å². The Labute approximate surface area is 404 Å². The second-order valence-corrected chi connectivity index (χ2v) is 20.0. The molecule has 3 N–H and O–H groups in total. The average Bonchev–Trinajstić information content (AvgIpc) is 4.12. The lowest BCUT2D eigenvalue weighted by Gasteiger charge is -2.35. The maximum atomic E-state index is 14.2. The quantitative estimate of drug-likeness (QED) is 0.0701. The molecule has 7 rings (SSSR count). The molecule has 0 bridgehead atoms. The first-order chi connectivity index (χ1) is 32.0. The molecule has 4 heterocycles. The number of β-amino-alcohol motifs (C(OH)–C–C–N with tert-alkyl or cyclic N) is 1. The van der Waals surface area contributed by atoms with Crippen molar-refractivity contribution in [3.05, 3.63) is 111 Å². The number of nitrogens with zero attached hydrogens (tertiary/aromatic N) is 7. The Balaban J connectivity index is 0.932. The molecule has 67 heavy (non-hydrogen) atoms. The number of thiazole rings is 1. The molecule has 0 aliphatic carbocycles. The Morgan fingerprint density at radius 3 is 2.40 bits per heavy atom. The number of nitrogens with one attached hydrogen (secondary N) is 2. The fourth-order valence-electron chi connectivity index (χ4n) is 8.56. The summed E-state index contributed by atoms with van der Waals surface area (Å²) in [4.78, 5) is 50.4. The molecule has 0 radical (unpaired) electrons. The Kier molecular flexibility index (Phi) is 15.8. The van der Waals surface area contributed by atoms with Gasteiger partial charge >= 0.3 is 0 Å². The van der Waals surface area contributed by atoms with Gasteiger partial charge in [0.15, 0.2) is 0 Å². The highest BCUT2D eigenvalue weighted by atomic mass is 79.9. The SMILES string of the molecule is Cc1ccc(-c2c(C)noc2C)cc1N(CCCCCOCC(=O)N[C@H](C(=O)N1C[C@H](O)C[C@H]1C(=O)N[C@@H](C)c1ccc(-c2scnc2C)cc1)C(C)(C)C)c1ccc(-n2ccnn2)c(Br)c1. The van der Waals surface area contributed by atoms with Gasteiger partial charge in [0.2, 0.25) is 17.7 Å². The van der Waals surface area contributed by atoms with E-state index in [4.69, 9.17) is 9.26 Å². The number of benzene rings is 3. The van der Waals surface area contributed by atoms with Crippen LogP contribution >= 0.6 is 27.3 Å². The minimum absolute atomic E-state index is 0.0115. The third kappa shape index (κ3) is 11.7. The molecule has 1 aliphatic heterocycles. The van der Waals surface area contributed by atoms with Crippen LogP contribution in [-0.4, -0.2) is 97.4 Å². The topological polar surface area (TPSA) is 181 Å². The largest absolute Gasteiger partial charge is 0.391 e. The second kappa shape index (κ2) is 21.5. The minimum Gasteiger partial charge on any atom is -0.391 e. The number of carbonyl (C=O) groups is 3. The minimum atomic E-state index is -0.958. The Morgan fingerprint density at radius 1 is 0.985 bits per heavy atom. The lowest BCUT2D eigenvalue weighted by molar-refractivity contribution is -0.144. The van der Waals surface area contributed by atoms with Crippen molar-refractivity contribution in [1.82, 2.24) is 40.7 Å². The first-order valence-corrected chi connectivity index (χ1v) is 24.3. The number of likely N-dealkylation sites (tertiary alicyclic amines) is 1. The van der Waals surface area contributed by atoms with Crippen LogP contribution in [-0.2, 0) is 19.1 Å². The number of aryl methyl sites for hydroxylation is 4. The number of rotatable bonds is 18. The summed E-state index contributed by atoms with van der Waals surface area (Å²) >= 11 is 5.34. The monoisotopic (exact) mass is 993 g/mol. The molecule has 0 saturated carbocycles. The first-order valence-electron chi connectivity index (χ1n) is 22.6. The predicted octanol–water partition coefficient (Wildman–Crippen LogP) is 8.74. The Hall–Kier alpha value is -5.75. The van der Waals surface area contributed by atoms with Gasteiger partial charge in [0.05, 0.1) is 52.0 Å². The number of aliphatic hydroxyl groups is 1. The number of hydrogen-bond acceptors (Lipinski definition) is 12. The van der Waals surface area contributed by atoms with Gasteiger partial charge in [0.1, 0.15) is 24.5 Å². The molecule has 0 spiro atoms. The average molecular weight is 995 g/mol. The summed E-state index contributed by atoms with van der Waals surface area (Å²) in [6, 6.07) is 18.4. The molecule has 6 aromatic rings. The van der Waals surface area contributed by atoms with E-state index in [1.807, 2.05) is 84.3 Å². The highest BCUT2D eigenvalue weighted by molar-refractivity contribution is 9.10. The van der Waals surface area contributed by atoms with Gasteiger partial charge in [-0.05, 0) is 122 Å². The van der Waals surface area contributed by atoms with E-state index in [0.717, 1.165) is 84.2 Å². The van der Waals surface area contributed by atoms with Gasteiger partial charge in [-0.1, -0.05) is 67.5 Å². The third-order valence-electron chi connectivity index (χ3n) is 12.2. The van der Waals surface area contributed by atoms with Crippen molar-refractivity contribution < 1.29 is 28.8 Å². The van der Waals surface area contributed by atoms with E-state index in [0.29, 0.717) is 19.6 Å². The number of carbonyl (C=O) groups excluding carboxylic acids is 3. The van der Waals surface area contributed by atoms with Gasteiger partial charge in [-0.25, -0.2) is 9.67 Å². The summed E-state index contributed by atoms with van der Waals surface area (Å²) in [5.41, 5.74) is 10.9. The molecule has 15 nitrogen and oxygen atoms in total. The van der Waals surface area contributed by atoms with Crippen molar-refractivity contribution in [2.24, 2.45) is 5.41 Å². The van der Waals surface area contributed by atoms with E-state index in [9.17, 15) is 19.5 Å². The van der Waals surface area contributed by atoms with E-state index in [1.54, 1.807) is 28.4 Å². The molecule has 17 heteroatoms. The number of amides is 3. The molecule has 1 aliphatic rings. The number of unbranched alkanes of at least 4 members (excludes halogenated alkanes) is 2. The van der Waals surface area contributed by atoms with E-state index in [-0.39, 0.29) is 31.5 Å². The highest BCUT2D eigenvalue weighted by Crippen LogP contribution is 2.37. The van der Waals surface area contributed by atoms with Crippen LogP contribution < -0.4 is 15.5 Å². The van der Waals surface area contributed by atoms with Gasteiger partial charge in [0.25, 0.3) is 0 Å². The van der Waals surface area contributed by atoms with E-state index in [2.05, 4.69) is 89.2 Å². The molecular weight excluding hydrogens is 935 g/mol. The fourth-order valence-corrected chi connectivity index (χ4v) is 9.92. The van der Waals surface area contributed by atoms with Crippen LogP contribution in [0.2, 0.25) is 0 Å². The standard InChI is InChI=1S/C50H60BrN9O6S/c1-30-12-13-37(45-32(3)56-66-34(45)5)24-42(30)58(38-18-19-41(40(51)25-38)60-22-20-53-57-60)21-10-9-11-23-65-28-44(62)55-47(50(6,7)8)49(64)59-27-39(61)26-43(59)48(63)54-31(2)35-14-16-36(17-15-35)46-33(4)52-29-67-46/h12-20,22,24-25,29,31,39,43,47,61H,9-11,21,23,26-28H2,1-8H3,(H,54,63)(H,55,62)/t31-,39+,43-,47+/m0/s1. The predicted molar refractivity (Wildman–Crippen MR) is 263 cm³/mol. The van der Waals surface area contributed by atoms with E-state index < -0.39 is 35.4 Å². The van der Waals surface area contributed by atoms with Gasteiger partial charge in [-0.3, -0.25) is 14.4 Å². The summed E-state index contributed by atoms with van der Waals surface area (Å²) in [5, 5.41) is 29.0. The van der Waals surface area contributed by atoms with Crippen molar-refractivity contribution in [3.8, 4) is 27.3 Å². The van der Waals surface area contributed by atoms with Crippen molar-refractivity contribution in [2.75, 3.05) is 31.2 Å². The van der Waals surface area contributed by atoms with Gasteiger partial charge in [-0.15, -0.1) is 16.4 Å². The number of halogens is 1.